The van der Waals surface area contributed by atoms with Gasteiger partial charge in [0.05, 0.1) is 12.4 Å². The molecule has 0 heterocycles. The van der Waals surface area contributed by atoms with Crippen molar-refractivity contribution in [2.75, 3.05) is 13.7 Å². The van der Waals surface area contributed by atoms with E-state index in [1.54, 1.807) is 13.3 Å². The second-order valence-electron chi connectivity index (χ2n) is 4.07. The van der Waals surface area contributed by atoms with Gasteiger partial charge in [-0.15, -0.1) is 0 Å². The zero-order valence-corrected chi connectivity index (χ0v) is 11.0. The Kier molecular flexibility index (Phi) is 9.01. The van der Waals surface area contributed by atoms with Crippen LogP contribution in [0.5, 0.6) is 0 Å². The maximum atomic E-state index is 5.62. The highest BCUT2D eigenvalue weighted by Gasteiger charge is 2.02. The number of ether oxygens (including phenoxy) is 1. The summed E-state index contributed by atoms with van der Waals surface area (Å²) >= 11 is 0. The van der Waals surface area contributed by atoms with Crippen molar-refractivity contribution in [2.24, 2.45) is 16.6 Å². The fourth-order valence-corrected chi connectivity index (χ4v) is 1.33. The summed E-state index contributed by atoms with van der Waals surface area (Å²) in [5.41, 5.74) is 6.33. The Morgan fingerprint density at radius 1 is 1.56 bits per heavy atom. The summed E-state index contributed by atoms with van der Waals surface area (Å²) in [6.07, 6.45) is 5.25. The molecule has 0 bridgehead atoms. The number of nitrogens with two attached hydrogens (primary N) is 1. The molecule has 0 rings (SSSR count). The molecule has 0 fully saturated rings. The Morgan fingerprint density at radius 2 is 2.25 bits per heavy atom. The average molecular weight is 223 g/mol. The van der Waals surface area contributed by atoms with Crippen molar-refractivity contribution in [1.29, 1.82) is 0 Å². The van der Waals surface area contributed by atoms with Gasteiger partial charge in [-0.25, -0.2) is 0 Å². The minimum Gasteiger partial charge on any atom is -0.499 e. The molecule has 4 heteroatoms. The lowest BCUT2D eigenvalue weighted by molar-refractivity contribution is 0.201. The van der Waals surface area contributed by atoms with Crippen LogP contribution in [0.15, 0.2) is 16.2 Å². The third-order valence-corrected chi connectivity index (χ3v) is 2.71. The molecular formula is C12H24BN2O. The number of aliphatic imine (C=N–C) groups is 1. The molecular weight excluding hydrogens is 199 g/mol. The molecule has 16 heavy (non-hydrogen) atoms. The van der Waals surface area contributed by atoms with Gasteiger partial charge in [0.25, 0.3) is 0 Å². The van der Waals surface area contributed by atoms with E-state index in [0.717, 1.165) is 30.2 Å². The zero-order valence-electron chi connectivity index (χ0n) is 11.0. The maximum Gasteiger partial charge on any atom is 0.248 e. The Balaban J connectivity index is 3.91. The smallest absolute Gasteiger partial charge is 0.248 e. The second-order valence-corrected chi connectivity index (χ2v) is 4.07. The van der Waals surface area contributed by atoms with Gasteiger partial charge in [-0.05, 0) is 31.2 Å². The topological polar surface area (TPSA) is 47.6 Å². The van der Waals surface area contributed by atoms with E-state index in [2.05, 4.69) is 18.8 Å². The monoisotopic (exact) mass is 223 g/mol. The van der Waals surface area contributed by atoms with E-state index in [1.165, 1.54) is 20.3 Å². The van der Waals surface area contributed by atoms with Crippen LogP contribution in [-0.4, -0.2) is 27.3 Å². The number of hydrogen-bond acceptors (Lipinski definition) is 3. The lowest BCUT2D eigenvalue weighted by Crippen LogP contribution is -2.13. The first-order valence-corrected chi connectivity index (χ1v) is 5.96. The molecule has 91 valence electrons. The third-order valence-electron chi connectivity index (χ3n) is 2.71. The Bertz CT molecular complexity index is 239. The lowest BCUT2D eigenvalue weighted by Gasteiger charge is -2.11. The lowest BCUT2D eigenvalue weighted by atomic mass is 9.84. The van der Waals surface area contributed by atoms with Crippen molar-refractivity contribution < 1.29 is 4.74 Å². The van der Waals surface area contributed by atoms with E-state index in [4.69, 9.17) is 10.4 Å². The van der Waals surface area contributed by atoms with Crippen molar-refractivity contribution in [3.05, 3.63) is 11.2 Å². The molecule has 0 amide bonds. The third kappa shape index (κ3) is 6.67. The van der Waals surface area contributed by atoms with Crippen LogP contribution in [0, 0.1) is 5.92 Å². The van der Waals surface area contributed by atoms with Crippen molar-refractivity contribution in [1.82, 2.24) is 0 Å². The van der Waals surface area contributed by atoms with Crippen LogP contribution in [0.1, 0.15) is 40.0 Å². The first-order chi connectivity index (χ1) is 7.65. The predicted molar refractivity (Wildman–Crippen MR) is 71.7 cm³/mol. The molecule has 0 aromatic heterocycles. The fraction of sp³-hybridized carbons (Fsp3) is 0.750. The number of hydrogen-bond donors (Lipinski definition) is 1. The largest absolute Gasteiger partial charge is 0.499 e. The molecule has 0 aliphatic rings. The summed E-state index contributed by atoms with van der Waals surface area (Å²) in [7, 11) is 3.25. The van der Waals surface area contributed by atoms with Gasteiger partial charge in [-0.2, -0.15) is 0 Å². The second kappa shape index (κ2) is 9.46. The number of allylic oxidation sites excluding steroid dienone is 2. The van der Waals surface area contributed by atoms with Crippen molar-refractivity contribution in [3.63, 3.8) is 0 Å². The first-order valence-electron chi connectivity index (χ1n) is 5.96. The van der Waals surface area contributed by atoms with Crippen LogP contribution < -0.4 is 5.64 Å². The molecule has 0 aromatic carbocycles. The summed E-state index contributed by atoms with van der Waals surface area (Å²) in [5, 5.41) is 0. The van der Waals surface area contributed by atoms with E-state index in [1.807, 2.05) is 6.92 Å². The summed E-state index contributed by atoms with van der Waals surface area (Å²) in [5.74, 6) is 1.63. The molecule has 0 aliphatic carbocycles. The van der Waals surface area contributed by atoms with Gasteiger partial charge in [0.2, 0.25) is 7.41 Å². The van der Waals surface area contributed by atoms with Gasteiger partial charge < -0.3 is 10.4 Å². The SMILES string of the molecule is CCC(C)CCCO/C(C)=C(\[B]N)C=NC. The van der Waals surface area contributed by atoms with Crippen molar-refractivity contribution in [2.45, 2.75) is 40.0 Å². The van der Waals surface area contributed by atoms with Crippen LogP contribution in [0.4, 0.5) is 0 Å². The maximum absolute atomic E-state index is 5.62. The summed E-state index contributed by atoms with van der Waals surface area (Å²) in [6.45, 7) is 7.16. The predicted octanol–water partition coefficient (Wildman–Crippen LogP) is 2.34. The Hall–Kier alpha value is -0.765. The van der Waals surface area contributed by atoms with Crippen molar-refractivity contribution in [3.8, 4) is 0 Å². The Morgan fingerprint density at radius 3 is 2.75 bits per heavy atom. The molecule has 1 unspecified atom stereocenters. The molecule has 3 nitrogen and oxygen atoms in total. The number of nitrogens with zero attached hydrogens (tertiary/aromatic N) is 1. The van der Waals surface area contributed by atoms with Crippen LogP contribution >= 0.6 is 0 Å². The van der Waals surface area contributed by atoms with Gasteiger partial charge >= 0.3 is 0 Å². The minimum atomic E-state index is 0.755. The summed E-state index contributed by atoms with van der Waals surface area (Å²) in [6, 6.07) is 0. The quantitative estimate of drug-likeness (QED) is 0.297. The highest BCUT2D eigenvalue weighted by molar-refractivity contribution is 6.49. The van der Waals surface area contributed by atoms with Crippen LogP contribution in [0.25, 0.3) is 0 Å². The highest BCUT2D eigenvalue weighted by Crippen LogP contribution is 2.10. The standard InChI is InChI=1S/C12H24BN2O/c1-5-10(2)7-6-8-16-11(3)12(13-14)9-15-4/h9-10H,5-8,14H2,1-4H3/b12-11-,15-9?. The molecule has 0 aromatic rings. The van der Waals surface area contributed by atoms with Crippen LogP contribution in [0.3, 0.4) is 0 Å². The van der Waals surface area contributed by atoms with Crippen molar-refractivity contribution >= 4 is 13.6 Å². The van der Waals surface area contributed by atoms with E-state index < -0.39 is 0 Å². The minimum absolute atomic E-state index is 0.755. The number of rotatable bonds is 8. The van der Waals surface area contributed by atoms with Gasteiger partial charge in [0.15, 0.2) is 0 Å². The Labute approximate surface area is 100 Å². The average Bonchev–Trinajstić information content (AvgIpc) is 2.30. The van der Waals surface area contributed by atoms with Gasteiger partial charge in [-0.1, -0.05) is 20.3 Å². The molecule has 2 N–H and O–H groups in total. The van der Waals surface area contributed by atoms with Gasteiger partial charge in [0, 0.05) is 13.3 Å². The molecule has 0 saturated carbocycles. The first kappa shape index (κ1) is 15.2. The fourth-order valence-electron chi connectivity index (χ4n) is 1.33. The summed E-state index contributed by atoms with van der Waals surface area (Å²) in [4.78, 5) is 3.92. The van der Waals surface area contributed by atoms with E-state index >= 15 is 0 Å². The molecule has 0 spiro atoms. The molecule has 0 aliphatic heterocycles. The normalized spacial score (nSPS) is 14.8. The van der Waals surface area contributed by atoms with E-state index in [0.29, 0.717) is 0 Å². The van der Waals surface area contributed by atoms with Gasteiger partial charge in [-0.3, -0.25) is 4.99 Å². The molecule has 1 radical (unpaired) electrons. The summed E-state index contributed by atoms with van der Waals surface area (Å²) < 4.78 is 5.62. The van der Waals surface area contributed by atoms with Crippen LogP contribution in [0.2, 0.25) is 0 Å². The highest BCUT2D eigenvalue weighted by atomic mass is 16.5. The van der Waals surface area contributed by atoms with Gasteiger partial charge in [0.1, 0.15) is 0 Å². The molecule has 0 saturated heterocycles. The molecule has 1 atom stereocenters. The van der Waals surface area contributed by atoms with E-state index in [9.17, 15) is 0 Å². The van der Waals surface area contributed by atoms with Crippen LogP contribution in [-0.2, 0) is 4.74 Å². The zero-order chi connectivity index (χ0) is 12.4. The van der Waals surface area contributed by atoms with E-state index in [-0.39, 0.29) is 0 Å².